The molecule has 1 unspecified atom stereocenters. The van der Waals surface area contributed by atoms with Gasteiger partial charge < -0.3 is 24.8 Å². The highest BCUT2D eigenvalue weighted by Crippen LogP contribution is 2.41. The van der Waals surface area contributed by atoms with Crippen LogP contribution in [0.2, 0.25) is 0 Å². The number of aromatic hydroxyl groups is 2. The summed E-state index contributed by atoms with van der Waals surface area (Å²) in [5.74, 6) is -2.28. The molecule has 2 aromatic rings. The van der Waals surface area contributed by atoms with Crippen LogP contribution in [-0.2, 0) is 9.59 Å². The molecule has 0 amide bonds. The van der Waals surface area contributed by atoms with Gasteiger partial charge in [0, 0.05) is 12.1 Å². The van der Waals surface area contributed by atoms with E-state index in [1.54, 1.807) is 12.1 Å². The first-order chi connectivity index (χ1) is 12.8. The summed E-state index contributed by atoms with van der Waals surface area (Å²) in [4.78, 5) is 34.3. The van der Waals surface area contributed by atoms with Gasteiger partial charge in [-0.2, -0.15) is 0 Å². The molecule has 1 heterocycles. The number of carboxylic acid groups (broad SMARTS) is 1. The summed E-state index contributed by atoms with van der Waals surface area (Å²) in [5, 5.41) is 27.9. The first-order valence-corrected chi connectivity index (χ1v) is 8.11. The van der Waals surface area contributed by atoms with Gasteiger partial charge in [-0.05, 0) is 17.7 Å². The highest BCUT2D eigenvalue weighted by molar-refractivity contribution is 6.02. The largest absolute Gasteiger partial charge is 0.508 e. The Morgan fingerprint density at radius 2 is 1.81 bits per heavy atom. The van der Waals surface area contributed by atoms with Gasteiger partial charge in [0.1, 0.15) is 34.7 Å². The minimum atomic E-state index is -1.08. The van der Waals surface area contributed by atoms with Crippen LogP contribution in [0, 0.1) is 0 Å². The van der Waals surface area contributed by atoms with Crippen molar-refractivity contribution in [3.05, 3.63) is 47.5 Å². The third-order valence-electron chi connectivity index (χ3n) is 4.01. The smallest absolute Gasteiger partial charge is 0.311 e. The second-order valence-corrected chi connectivity index (χ2v) is 6.01. The second kappa shape index (κ2) is 7.36. The topological polar surface area (TPSA) is 130 Å². The summed E-state index contributed by atoms with van der Waals surface area (Å²) in [6.45, 7) is 0. The molecule has 0 aliphatic carbocycles. The van der Waals surface area contributed by atoms with Gasteiger partial charge >= 0.3 is 11.9 Å². The van der Waals surface area contributed by atoms with Crippen molar-refractivity contribution in [2.75, 3.05) is 0 Å². The maximum absolute atomic E-state index is 12.3. The Labute approximate surface area is 153 Å². The minimum Gasteiger partial charge on any atom is -0.508 e. The average Bonchev–Trinajstić information content (AvgIpc) is 2.59. The molecule has 1 aliphatic heterocycles. The van der Waals surface area contributed by atoms with Gasteiger partial charge in [0.05, 0.1) is 19.3 Å². The van der Waals surface area contributed by atoms with Crippen LogP contribution >= 0.6 is 0 Å². The summed E-state index contributed by atoms with van der Waals surface area (Å²) in [6, 6.07) is 8.59. The van der Waals surface area contributed by atoms with Crippen LogP contribution in [0.25, 0.3) is 0 Å². The first-order valence-electron chi connectivity index (χ1n) is 8.11. The zero-order chi connectivity index (χ0) is 19.6. The number of hydrogen-bond donors (Lipinski definition) is 3. The minimum absolute atomic E-state index is 0.00306. The molecule has 0 aromatic heterocycles. The quantitative estimate of drug-likeness (QED) is 0.539. The number of hydrogen-bond acceptors (Lipinski definition) is 7. The van der Waals surface area contributed by atoms with E-state index >= 15 is 0 Å². The van der Waals surface area contributed by atoms with E-state index in [0.29, 0.717) is 5.56 Å². The first kappa shape index (κ1) is 18.2. The molecule has 1 atom stereocenters. The Hall–Kier alpha value is -3.55. The van der Waals surface area contributed by atoms with Crippen LogP contribution < -0.4 is 9.47 Å². The number of esters is 1. The SMILES string of the molecule is O=C(O)CCC(=O)Oc1ccc(C2CC(=O)c3c(O)cc(O)cc3O2)cc1. The zero-order valence-corrected chi connectivity index (χ0v) is 14.0. The van der Waals surface area contributed by atoms with Crippen LogP contribution in [0.4, 0.5) is 0 Å². The van der Waals surface area contributed by atoms with Crippen molar-refractivity contribution < 1.29 is 39.2 Å². The van der Waals surface area contributed by atoms with Crippen molar-refractivity contribution in [3.63, 3.8) is 0 Å². The summed E-state index contributed by atoms with van der Waals surface area (Å²) >= 11 is 0. The van der Waals surface area contributed by atoms with Crippen molar-refractivity contribution in [1.82, 2.24) is 0 Å². The molecule has 0 fully saturated rings. The molecular weight excluding hydrogens is 356 g/mol. The van der Waals surface area contributed by atoms with Crippen LogP contribution in [0.1, 0.15) is 41.3 Å². The molecule has 1 aliphatic rings. The number of rotatable bonds is 5. The molecular formula is C19H16O8. The predicted octanol–water partition coefficient (Wildman–Crippen LogP) is 2.57. The number of fused-ring (bicyclic) bond motifs is 1. The van der Waals surface area contributed by atoms with Crippen molar-refractivity contribution in [2.45, 2.75) is 25.4 Å². The second-order valence-electron chi connectivity index (χ2n) is 6.01. The monoisotopic (exact) mass is 372 g/mol. The van der Waals surface area contributed by atoms with Crippen molar-refractivity contribution in [1.29, 1.82) is 0 Å². The molecule has 0 bridgehead atoms. The Morgan fingerprint density at radius 3 is 2.48 bits per heavy atom. The fourth-order valence-corrected chi connectivity index (χ4v) is 2.75. The number of Topliss-reactive ketones (excluding diaryl/α,β-unsaturated/α-hetero) is 1. The van der Waals surface area contributed by atoms with E-state index in [-0.39, 0.29) is 53.6 Å². The van der Waals surface area contributed by atoms with Crippen molar-refractivity contribution >= 4 is 17.7 Å². The molecule has 27 heavy (non-hydrogen) atoms. The molecule has 3 N–H and O–H groups in total. The normalized spacial score (nSPS) is 15.6. The number of aliphatic carboxylic acids is 1. The Balaban J connectivity index is 1.71. The fourth-order valence-electron chi connectivity index (χ4n) is 2.75. The number of carbonyl (C=O) groups excluding carboxylic acids is 2. The fraction of sp³-hybridized carbons (Fsp3) is 0.211. The van der Waals surface area contributed by atoms with E-state index < -0.39 is 18.0 Å². The summed E-state index contributed by atoms with van der Waals surface area (Å²) < 4.78 is 10.8. The van der Waals surface area contributed by atoms with Crippen LogP contribution in [0.3, 0.4) is 0 Å². The molecule has 0 spiro atoms. The van der Waals surface area contributed by atoms with Gasteiger partial charge in [-0.3, -0.25) is 14.4 Å². The van der Waals surface area contributed by atoms with Crippen LogP contribution in [0.5, 0.6) is 23.0 Å². The average molecular weight is 372 g/mol. The number of phenolic OH excluding ortho intramolecular Hbond substituents is 2. The Kier molecular flexibility index (Phi) is 4.98. The van der Waals surface area contributed by atoms with E-state index in [4.69, 9.17) is 14.6 Å². The lowest BCUT2D eigenvalue weighted by molar-refractivity contribution is -0.142. The number of ketones is 1. The summed E-state index contributed by atoms with van der Waals surface area (Å²) in [6.07, 6.45) is -1.17. The Morgan fingerprint density at radius 1 is 1.11 bits per heavy atom. The maximum Gasteiger partial charge on any atom is 0.311 e. The molecule has 0 saturated carbocycles. The van der Waals surface area contributed by atoms with Gasteiger partial charge in [-0.15, -0.1) is 0 Å². The van der Waals surface area contributed by atoms with E-state index in [2.05, 4.69) is 0 Å². The van der Waals surface area contributed by atoms with E-state index in [1.165, 1.54) is 18.2 Å². The van der Waals surface area contributed by atoms with Gasteiger partial charge in [0.25, 0.3) is 0 Å². The standard InChI is InChI=1S/C19H16O8/c20-11-7-13(21)19-14(22)9-15(27-16(19)8-11)10-1-3-12(4-2-10)26-18(25)6-5-17(23)24/h1-4,7-8,15,20-21H,5-6,9H2,(H,23,24). The van der Waals surface area contributed by atoms with Gasteiger partial charge in [-0.25, -0.2) is 0 Å². The lowest BCUT2D eigenvalue weighted by Crippen LogP contribution is -2.20. The lowest BCUT2D eigenvalue weighted by Gasteiger charge is -2.26. The number of phenols is 2. The number of ether oxygens (including phenoxy) is 2. The van der Waals surface area contributed by atoms with E-state index in [0.717, 1.165) is 6.07 Å². The number of benzene rings is 2. The maximum atomic E-state index is 12.3. The van der Waals surface area contributed by atoms with Gasteiger partial charge in [-0.1, -0.05) is 12.1 Å². The molecule has 8 heteroatoms. The molecule has 0 saturated heterocycles. The van der Waals surface area contributed by atoms with Crippen LogP contribution in [-0.4, -0.2) is 33.0 Å². The number of carbonyl (C=O) groups is 3. The van der Waals surface area contributed by atoms with Crippen LogP contribution in [0.15, 0.2) is 36.4 Å². The molecule has 8 nitrogen and oxygen atoms in total. The molecule has 3 rings (SSSR count). The van der Waals surface area contributed by atoms with E-state index in [1.807, 2.05) is 0 Å². The third-order valence-corrected chi connectivity index (χ3v) is 4.01. The highest BCUT2D eigenvalue weighted by atomic mass is 16.5. The zero-order valence-electron chi connectivity index (χ0n) is 14.0. The molecule has 2 aromatic carbocycles. The van der Waals surface area contributed by atoms with Gasteiger partial charge in [0.15, 0.2) is 5.78 Å². The summed E-state index contributed by atoms with van der Waals surface area (Å²) in [5.41, 5.74) is 0.676. The van der Waals surface area contributed by atoms with Crippen molar-refractivity contribution in [2.24, 2.45) is 0 Å². The van der Waals surface area contributed by atoms with E-state index in [9.17, 15) is 24.6 Å². The Bertz CT molecular complexity index is 901. The summed E-state index contributed by atoms with van der Waals surface area (Å²) in [7, 11) is 0. The number of carboxylic acids is 1. The lowest BCUT2D eigenvalue weighted by atomic mass is 9.95. The predicted molar refractivity (Wildman–Crippen MR) is 91.0 cm³/mol. The third kappa shape index (κ3) is 4.17. The van der Waals surface area contributed by atoms with Gasteiger partial charge in [0.2, 0.25) is 0 Å². The highest BCUT2D eigenvalue weighted by Gasteiger charge is 2.30. The van der Waals surface area contributed by atoms with Crippen molar-refractivity contribution in [3.8, 4) is 23.0 Å². The molecule has 0 radical (unpaired) electrons. The molecule has 140 valence electrons.